The largest absolute Gasteiger partial charge is 0.310 e. The molecule has 0 aliphatic carbocycles. The Morgan fingerprint density at radius 3 is 2.42 bits per heavy atom. The summed E-state index contributed by atoms with van der Waals surface area (Å²) >= 11 is 12.4. The molecule has 19 heavy (non-hydrogen) atoms. The summed E-state index contributed by atoms with van der Waals surface area (Å²) in [5, 5.41) is 5.03. The van der Waals surface area contributed by atoms with Gasteiger partial charge in [0.2, 0.25) is 0 Å². The van der Waals surface area contributed by atoms with Crippen LogP contribution in [0.15, 0.2) is 18.2 Å². The lowest BCUT2D eigenvalue weighted by atomic mass is 10.0. The van der Waals surface area contributed by atoms with Crippen molar-refractivity contribution >= 4 is 23.2 Å². The van der Waals surface area contributed by atoms with Crippen molar-refractivity contribution in [1.29, 1.82) is 0 Å². The van der Waals surface area contributed by atoms with Crippen molar-refractivity contribution in [2.45, 2.75) is 33.2 Å². The lowest BCUT2D eigenvalue weighted by Gasteiger charge is -2.24. The van der Waals surface area contributed by atoms with E-state index >= 15 is 0 Å². The van der Waals surface area contributed by atoms with Crippen LogP contribution in [-0.4, -0.2) is 31.1 Å². The topological polar surface area (TPSA) is 15.3 Å². The Hall–Kier alpha value is -0.280. The Kier molecular flexibility index (Phi) is 7.77. The molecular weight excluding hydrogens is 279 g/mol. The second-order valence-corrected chi connectivity index (χ2v) is 5.44. The van der Waals surface area contributed by atoms with Crippen LogP contribution < -0.4 is 5.32 Å². The van der Waals surface area contributed by atoms with Gasteiger partial charge in [-0.1, -0.05) is 44.0 Å². The van der Waals surface area contributed by atoms with Crippen LogP contribution in [0.1, 0.15) is 38.8 Å². The summed E-state index contributed by atoms with van der Waals surface area (Å²) in [6, 6.07) is 5.94. The van der Waals surface area contributed by atoms with Gasteiger partial charge in [0, 0.05) is 16.1 Å². The average molecular weight is 303 g/mol. The van der Waals surface area contributed by atoms with Crippen LogP contribution >= 0.6 is 23.2 Å². The number of rotatable bonds is 8. The van der Waals surface area contributed by atoms with Gasteiger partial charge in [0.15, 0.2) is 0 Å². The summed E-state index contributed by atoms with van der Waals surface area (Å²) in [5.74, 6) is 0. The minimum atomic E-state index is 0.261. The monoisotopic (exact) mass is 302 g/mol. The van der Waals surface area contributed by atoms with Gasteiger partial charge in [-0.25, -0.2) is 0 Å². The molecule has 2 nitrogen and oxygen atoms in total. The lowest BCUT2D eigenvalue weighted by molar-refractivity contribution is 0.282. The average Bonchev–Trinajstić information content (AvgIpc) is 2.41. The van der Waals surface area contributed by atoms with Crippen LogP contribution in [-0.2, 0) is 0 Å². The van der Waals surface area contributed by atoms with Crippen LogP contribution in [0, 0.1) is 0 Å². The fraction of sp³-hybridized carbons (Fsp3) is 0.600. The first kappa shape index (κ1) is 16.8. The summed E-state index contributed by atoms with van der Waals surface area (Å²) < 4.78 is 0. The molecule has 0 aromatic heterocycles. The summed E-state index contributed by atoms with van der Waals surface area (Å²) in [6.07, 6.45) is 1.04. The van der Waals surface area contributed by atoms with E-state index in [4.69, 9.17) is 23.2 Å². The highest BCUT2D eigenvalue weighted by molar-refractivity contribution is 6.33. The zero-order valence-electron chi connectivity index (χ0n) is 12.0. The van der Waals surface area contributed by atoms with Crippen molar-refractivity contribution in [1.82, 2.24) is 10.2 Å². The van der Waals surface area contributed by atoms with Gasteiger partial charge in [0.05, 0.1) is 0 Å². The maximum absolute atomic E-state index is 6.30. The van der Waals surface area contributed by atoms with Gasteiger partial charge >= 0.3 is 0 Å². The van der Waals surface area contributed by atoms with E-state index in [1.54, 1.807) is 0 Å². The molecule has 1 N–H and O–H groups in total. The van der Waals surface area contributed by atoms with Crippen molar-refractivity contribution in [3.63, 3.8) is 0 Å². The van der Waals surface area contributed by atoms with Crippen LogP contribution in [0.2, 0.25) is 10.0 Å². The molecule has 0 radical (unpaired) electrons. The molecule has 0 aliphatic heterocycles. The van der Waals surface area contributed by atoms with Crippen molar-refractivity contribution in [2.75, 3.05) is 26.2 Å². The molecule has 1 rings (SSSR count). The molecule has 0 bridgehead atoms. The fourth-order valence-electron chi connectivity index (χ4n) is 2.25. The SMILES string of the molecule is CCNC(CCN(CC)CC)c1cc(Cl)ccc1Cl. The van der Waals surface area contributed by atoms with Crippen molar-refractivity contribution < 1.29 is 0 Å². The van der Waals surface area contributed by atoms with E-state index in [0.717, 1.165) is 48.2 Å². The van der Waals surface area contributed by atoms with Gasteiger partial charge in [0.1, 0.15) is 0 Å². The fourth-order valence-corrected chi connectivity index (χ4v) is 2.68. The van der Waals surface area contributed by atoms with Crippen molar-refractivity contribution in [2.24, 2.45) is 0 Å². The quantitative estimate of drug-likeness (QED) is 0.767. The first-order valence-corrected chi connectivity index (χ1v) is 7.78. The molecular formula is C15H24Cl2N2. The Morgan fingerprint density at radius 1 is 1.16 bits per heavy atom. The third kappa shape index (κ3) is 5.31. The molecule has 4 heteroatoms. The normalized spacial score (nSPS) is 12.9. The number of hydrogen-bond acceptors (Lipinski definition) is 2. The maximum atomic E-state index is 6.30. The summed E-state index contributed by atoms with van der Waals surface area (Å²) in [6.45, 7) is 10.6. The number of halogens is 2. The van der Waals surface area contributed by atoms with Gasteiger partial charge in [0.25, 0.3) is 0 Å². The molecule has 1 unspecified atom stereocenters. The smallest absolute Gasteiger partial charge is 0.0454 e. The highest BCUT2D eigenvalue weighted by Gasteiger charge is 2.15. The second-order valence-electron chi connectivity index (χ2n) is 4.59. The minimum Gasteiger partial charge on any atom is -0.310 e. The van der Waals surface area contributed by atoms with Gasteiger partial charge in [-0.2, -0.15) is 0 Å². The standard InChI is InChI=1S/C15H24Cl2N2/c1-4-18-15(9-10-19(5-2)6-3)13-11-12(16)7-8-14(13)17/h7-8,11,15,18H,4-6,9-10H2,1-3H3. The summed E-state index contributed by atoms with van der Waals surface area (Å²) in [4.78, 5) is 2.42. The van der Waals surface area contributed by atoms with Crippen LogP contribution in [0.5, 0.6) is 0 Å². The van der Waals surface area contributed by atoms with E-state index in [1.807, 2.05) is 18.2 Å². The molecule has 0 saturated heterocycles. The van der Waals surface area contributed by atoms with Gasteiger partial charge < -0.3 is 10.2 Å². The molecule has 0 fully saturated rings. The van der Waals surface area contributed by atoms with Crippen LogP contribution in [0.3, 0.4) is 0 Å². The zero-order valence-corrected chi connectivity index (χ0v) is 13.6. The Morgan fingerprint density at radius 2 is 1.84 bits per heavy atom. The maximum Gasteiger partial charge on any atom is 0.0454 e. The Labute approximate surface area is 127 Å². The molecule has 0 heterocycles. The number of benzene rings is 1. The third-order valence-electron chi connectivity index (χ3n) is 3.41. The number of nitrogens with zero attached hydrogens (tertiary/aromatic N) is 1. The van der Waals surface area contributed by atoms with E-state index in [2.05, 4.69) is 31.0 Å². The van der Waals surface area contributed by atoms with E-state index in [-0.39, 0.29) is 6.04 Å². The Bertz CT molecular complexity index is 378. The minimum absolute atomic E-state index is 0.261. The number of hydrogen-bond donors (Lipinski definition) is 1. The van der Waals surface area contributed by atoms with Gasteiger partial charge in [-0.15, -0.1) is 0 Å². The molecule has 1 aromatic carbocycles. The highest BCUT2D eigenvalue weighted by atomic mass is 35.5. The molecule has 0 saturated carbocycles. The van der Waals surface area contributed by atoms with Crippen molar-refractivity contribution in [3.8, 4) is 0 Å². The molecule has 1 atom stereocenters. The van der Waals surface area contributed by atoms with Crippen LogP contribution in [0.25, 0.3) is 0 Å². The van der Waals surface area contributed by atoms with Gasteiger partial charge in [-0.05, 0) is 56.4 Å². The molecule has 0 aliphatic rings. The number of nitrogens with one attached hydrogen (secondary N) is 1. The van der Waals surface area contributed by atoms with Gasteiger partial charge in [-0.3, -0.25) is 0 Å². The lowest BCUT2D eigenvalue weighted by Crippen LogP contribution is -2.29. The molecule has 0 spiro atoms. The second kappa shape index (κ2) is 8.80. The summed E-state index contributed by atoms with van der Waals surface area (Å²) in [5.41, 5.74) is 1.10. The first-order valence-electron chi connectivity index (χ1n) is 7.03. The van der Waals surface area contributed by atoms with E-state index in [0.29, 0.717) is 0 Å². The van der Waals surface area contributed by atoms with Crippen LogP contribution in [0.4, 0.5) is 0 Å². The zero-order chi connectivity index (χ0) is 14.3. The molecule has 108 valence electrons. The van der Waals surface area contributed by atoms with E-state index in [1.165, 1.54) is 0 Å². The van der Waals surface area contributed by atoms with Crippen molar-refractivity contribution in [3.05, 3.63) is 33.8 Å². The van der Waals surface area contributed by atoms with E-state index in [9.17, 15) is 0 Å². The first-order chi connectivity index (χ1) is 9.12. The Balaban J connectivity index is 2.78. The van der Waals surface area contributed by atoms with E-state index < -0.39 is 0 Å². The predicted molar refractivity (Wildman–Crippen MR) is 85.3 cm³/mol. The summed E-state index contributed by atoms with van der Waals surface area (Å²) in [7, 11) is 0. The molecule has 1 aromatic rings. The molecule has 0 amide bonds. The predicted octanol–water partition coefficient (Wildman–Crippen LogP) is 4.38. The third-order valence-corrected chi connectivity index (χ3v) is 3.99. The highest BCUT2D eigenvalue weighted by Crippen LogP contribution is 2.28.